The molecule has 1 fully saturated rings. The Bertz CT molecular complexity index is 684. The van der Waals surface area contributed by atoms with Crippen molar-refractivity contribution in [3.63, 3.8) is 0 Å². The Kier molecular flexibility index (Phi) is 8.00. The van der Waals surface area contributed by atoms with Crippen molar-refractivity contribution in [1.29, 1.82) is 0 Å². The first kappa shape index (κ1) is 24.7. The first-order valence-corrected chi connectivity index (χ1v) is 9.75. The van der Waals surface area contributed by atoms with E-state index in [0.717, 1.165) is 10.5 Å². The van der Waals surface area contributed by atoms with E-state index >= 15 is 0 Å². The molecule has 1 unspecified atom stereocenters. The molecule has 1 rings (SSSR count). The van der Waals surface area contributed by atoms with E-state index in [1.54, 1.807) is 48.6 Å². The monoisotopic (exact) mass is 410 g/mol. The molecule has 0 aromatic heterocycles. The predicted octanol–water partition coefficient (Wildman–Crippen LogP) is 3.54. The van der Waals surface area contributed by atoms with Crippen LogP contribution < -0.4 is 0 Å². The first-order valence-electron chi connectivity index (χ1n) is 9.75. The zero-order chi connectivity index (χ0) is 22.6. The lowest BCUT2D eigenvalue weighted by atomic mass is 9.90. The Morgan fingerprint density at radius 2 is 1.66 bits per heavy atom. The molecule has 1 aliphatic heterocycles. The topological polar surface area (TPSA) is 93.2 Å². The van der Waals surface area contributed by atoms with Gasteiger partial charge < -0.3 is 14.4 Å². The maximum atomic E-state index is 12.3. The van der Waals surface area contributed by atoms with Gasteiger partial charge in [-0.25, -0.2) is 14.5 Å². The summed E-state index contributed by atoms with van der Waals surface area (Å²) >= 11 is 0. The second-order valence-corrected chi connectivity index (χ2v) is 9.44. The van der Waals surface area contributed by atoms with Gasteiger partial charge in [0, 0.05) is 26.1 Å². The number of carbonyl (C=O) groups excluding carboxylic acids is 4. The average molecular weight is 411 g/mol. The molecule has 1 aliphatic rings. The molecule has 0 aromatic carbocycles. The number of ether oxygens (including phenoxy) is 2. The number of carbonyl (C=O) groups is 4. The van der Waals surface area contributed by atoms with Crippen molar-refractivity contribution in [2.45, 2.75) is 72.5 Å². The van der Waals surface area contributed by atoms with Gasteiger partial charge in [0.2, 0.25) is 5.91 Å². The summed E-state index contributed by atoms with van der Waals surface area (Å²) in [5, 5.41) is 0. The van der Waals surface area contributed by atoms with Gasteiger partial charge in [-0.2, -0.15) is 0 Å². The Labute approximate surface area is 173 Å². The van der Waals surface area contributed by atoms with Crippen molar-refractivity contribution >= 4 is 23.9 Å². The van der Waals surface area contributed by atoms with Gasteiger partial charge in [0.1, 0.15) is 17.0 Å². The van der Waals surface area contributed by atoms with Crippen LogP contribution in [0.3, 0.4) is 0 Å². The standard InChI is InChI=1S/C21H34N2O6/c1-14(9-10-22(8)18(26)28-20(2,3)4)11-15-13-23(17(25)12-16(15)24)19(27)29-21(5,6)7/h9,15H,10-13H2,1-8H3/b14-9+. The molecule has 0 spiro atoms. The van der Waals surface area contributed by atoms with E-state index < -0.39 is 35.2 Å². The lowest BCUT2D eigenvalue weighted by molar-refractivity contribution is -0.141. The fraction of sp³-hybridized carbons (Fsp3) is 0.714. The van der Waals surface area contributed by atoms with E-state index in [0.29, 0.717) is 13.0 Å². The number of hydrogen-bond donors (Lipinski definition) is 0. The van der Waals surface area contributed by atoms with E-state index in [2.05, 4.69) is 0 Å². The minimum atomic E-state index is -0.730. The number of ketones is 1. The van der Waals surface area contributed by atoms with E-state index in [4.69, 9.17) is 9.47 Å². The molecule has 8 heteroatoms. The van der Waals surface area contributed by atoms with Gasteiger partial charge in [-0.3, -0.25) is 9.59 Å². The minimum absolute atomic E-state index is 0.000332. The van der Waals surface area contributed by atoms with E-state index in [1.807, 2.05) is 13.0 Å². The zero-order valence-corrected chi connectivity index (χ0v) is 18.8. The van der Waals surface area contributed by atoms with Gasteiger partial charge in [0.15, 0.2) is 0 Å². The smallest absolute Gasteiger partial charge is 0.417 e. The fourth-order valence-corrected chi connectivity index (χ4v) is 2.66. The van der Waals surface area contributed by atoms with E-state index in [1.165, 1.54) is 4.90 Å². The summed E-state index contributed by atoms with van der Waals surface area (Å²) in [6.07, 6.45) is 0.761. The molecule has 0 bridgehead atoms. The molecule has 8 nitrogen and oxygen atoms in total. The molecule has 0 N–H and O–H groups in total. The third kappa shape index (κ3) is 8.66. The largest absolute Gasteiger partial charge is 0.444 e. The molecule has 29 heavy (non-hydrogen) atoms. The SMILES string of the molecule is C/C(=C\CN(C)C(=O)OC(C)(C)C)CC1CN(C(=O)OC(C)(C)C)C(=O)CC1=O. The van der Waals surface area contributed by atoms with Crippen LogP contribution in [-0.2, 0) is 19.1 Å². The van der Waals surface area contributed by atoms with Gasteiger partial charge in [-0.15, -0.1) is 0 Å². The van der Waals surface area contributed by atoms with Gasteiger partial charge in [0.05, 0.1) is 6.42 Å². The quantitative estimate of drug-likeness (QED) is 0.520. The number of piperidine rings is 1. The highest BCUT2D eigenvalue weighted by atomic mass is 16.6. The number of likely N-dealkylation sites (N-methyl/N-ethyl adjacent to an activating group) is 1. The number of imide groups is 1. The number of hydrogen-bond acceptors (Lipinski definition) is 6. The zero-order valence-electron chi connectivity index (χ0n) is 18.8. The maximum absolute atomic E-state index is 12.3. The van der Waals surface area contributed by atoms with Crippen LogP contribution in [0.4, 0.5) is 9.59 Å². The number of Topliss-reactive ketones (excluding diaryl/α,β-unsaturated/α-hetero) is 1. The molecular weight excluding hydrogens is 376 g/mol. The van der Waals surface area contributed by atoms with Crippen LogP contribution in [0.15, 0.2) is 11.6 Å². The Morgan fingerprint density at radius 1 is 1.10 bits per heavy atom. The number of nitrogens with zero attached hydrogens (tertiary/aromatic N) is 2. The lowest BCUT2D eigenvalue weighted by Gasteiger charge is -2.32. The maximum Gasteiger partial charge on any atom is 0.417 e. The first-order chi connectivity index (χ1) is 13.1. The summed E-state index contributed by atoms with van der Waals surface area (Å²) < 4.78 is 10.6. The fourth-order valence-electron chi connectivity index (χ4n) is 2.66. The summed E-state index contributed by atoms with van der Waals surface area (Å²) in [5.74, 6) is -1.21. The van der Waals surface area contributed by atoms with Crippen LogP contribution in [0.5, 0.6) is 0 Å². The highest BCUT2D eigenvalue weighted by molar-refractivity contribution is 6.06. The average Bonchev–Trinajstić information content (AvgIpc) is 2.51. The molecular formula is C21H34N2O6. The second kappa shape index (κ2) is 9.41. The third-order valence-corrected chi connectivity index (χ3v) is 4.09. The molecule has 0 radical (unpaired) electrons. The van der Waals surface area contributed by atoms with Crippen LogP contribution >= 0.6 is 0 Å². The van der Waals surface area contributed by atoms with Crippen molar-refractivity contribution in [1.82, 2.24) is 9.80 Å². The molecule has 0 aromatic rings. The number of allylic oxidation sites excluding steroid dienone is 1. The van der Waals surface area contributed by atoms with Crippen molar-refractivity contribution in [3.8, 4) is 0 Å². The van der Waals surface area contributed by atoms with Crippen LogP contribution in [0.25, 0.3) is 0 Å². The summed E-state index contributed by atoms with van der Waals surface area (Å²) in [6, 6.07) is 0. The van der Waals surface area contributed by atoms with Gasteiger partial charge in [-0.1, -0.05) is 11.6 Å². The highest BCUT2D eigenvalue weighted by Crippen LogP contribution is 2.23. The molecule has 0 aliphatic carbocycles. The molecule has 3 amide bonds. The normalized spacial score (nSPS) is 18.6. The van der Waals surface area contributed by atoms with Gasteiger partial charge >= 0.3 is 12.2 Å². The minimum Gasteiger partial charge on any atom is -0.444 e. The highest BCUT2D eigenvalue weighted by Gasteiger charge is 2.37. The Morgan fingerprint density at radius 3 is 2.17 bits per heavy atom. The number of rotatable bonds is 4. The van der Waals surface area contributed by atoms with Crippen LogP contribution in [-0.4, -0.2) is 65.0 Å². The Balaban J connectivity index is 2.71. The van der Waals surface area contributed by atoms with Crippen molar-refractivity contribution in [2.75, 3.05) is 20.1 Å². The van der Waals surface area contributed by atoms with Crippen LogP contribution in [0, 0.1) is 5.92 Å². The summed E-state index contributed by atoms with van der Waals surface area (Å²) in [6.45, 7) is 12.7. The second-order valence-electron chi connectivity index (χ2n) is 9.44. The Hall–Kier alpha value is -2.38. The van der Waals surface area contributed by atoms with Crippen LogP contribution in [0.2, 0.25) is 0 Å². The van der Waals surface area contributed by atoms with E-state index in [-0.39, 0.29) is 18.7 Å². The van der Waals surface area contributed by atoms with Crippen molar-refractivity contribution < 1.29 is 28.7 Å². The molecule has 164 valence electrons. The number of amides is 3. The third-order valence-electron chi connectivity index (χ3n) is 4.09. The summed E-state index contributed by atoms with van der Waals surface area (Å²) in [5.41, 5.74) is -0.413. The lowest BCUT2D eigenvalue weighted by Crippen LogP contribution is -2.49. The predicted molar refractivity (Wildman–Crippen MR) is 108 cm³/mol. The molecule has 0 saturated carbocycles. The van der Waals surface area contributed by atoms with Gasteiger partial charge in [-0.05, 0) is 54.9 Å². The molecule has 1 saturated heterocycles. The summed E-state index contributed by atoms with van der Waals surface area (Å²) in [7, 11) is 1.63. The molecule has 1 heterocycles. The summed E-state index contributed by atoms with van der Waals surface area (Å²) in [4.78, 5) is 51.1. The number of likely N-dealkylation sites (tertiary alicyclic amines) is 1. The van der Waals surface area contributed by atoms with Gasteiger partial charge in [0.25, 0.3) is 0 Å². The van der Waals surface area contributed by atoms with Crippen molar-refractivity contribution in [3.05, 3.63) is 11.6 Å². The van der Waals surface area contributed by atoms with E-state index in [9.17, 15) is 19.2 Å². The van der Waals surface area contributed by atoms with Crippen molar-refractivity contribution in [2.24, 2.45) is 5.92 Å². The van der Waals surface area contributed by atoms with Crippen LogP contribution in [0.1, 0.15) is 61.3 Å². The molecule has 1 atom stereocenters.